The highest BCUT2D eigenvalue weighted by atomic mass is 32.2. The number of halogens is 1. The number of aromatic nitrogens is 3. The standard InChI is InChI=1S/C13H12FN5O3S2/c1-18-12(20)11(16-19(2)13(18)23)8-5-10(17-24(3,21)22)7(6-15)4-9(8)14/h4-5,17H,1-3H3. The monoisotopic (exact) mass is 369 g/mol. The van der Waals surface area contributed by atoms with Crippen molar-refractivity contribution in [1.29, 1.82) is 5.26 Å². The Hall–Kier alpha value is -2.58. The van der Waals surface area contributed by atoms with Crippen molar-refractivity contribution in [2.24, 2.45) is 14.1 Å². The van der Waals surface area contributed by atoms with Crippen LogP contribution in [0.4, 0.5) is 10.1 Å². The number of nitrogens with zero attached hydrogens (tertiary/aromatic N) is 4. The summed E-state index contributed by atoms with van der Waals surface area (Å²) < 4.78 is 41.7. The van der Waals surface area contributed by atoms with Gasteiger partial charge in [0.2, 0.25) is 10.0 Å². The van der Waals surface area contributed by atoms with E-state index in [1.807, 2.05) is 0 Å². The van der Waals surface area contributed by atoms with E-state index in [2.05, 4.69) is 9.82 Å². The van der Waals surface area contributed by atoms with Crippen LogP contribution >= 0.6 is 12.2 Å². The minimum Gasteiger partial charge on any atom is -0.285 e. The number of anilines is 1. The van der Waals surface area contributed by atoms with Gasteiger partial charge in [-0.1, -0.05) is 0 Å². The Balaban J connectivity index is 2.82. The molecule has 0 amide bonds. The molecular formula is C13H12FN5O3S2. The summed E-state index contributed by atoms with van der Waals surface area (Å²) in [5.41, 5.74) is -1.52. The van der Waals surface area contributed by atoms with Crippen molar-refractivity contribution in [1.82, 2.24) is 14.3 Å². The van der Waals surface area contributed by atoms with Crippen molar-refractivity contribution in [2.45, 2.75) is 0 Å². The van der Waals surface area contributed by atoms with Gasteiger partial charge in [0.25, 0.3) is 5.56 Å². The van der Waals surface area contributed by atoms with Gasteiger partial charge in [-0.15, -0.1) is 0 Å². The van der Waals surface area contributed by atoms with E-state index in [4.69, 9.17) is 17.5 Å². The lowest BCUT2D eigenvalue weighted by Gasteiger charge is -2.11. The van der Waals surface area contributed by atoms with Gasteiger partial charge in [0.05, 0.1) is 17.5 Å². The lowest BCUT2D eigenvalue weighted by Crippen LogP contribution is -2.26. The highest BCUT2D eigenvalue weighted by Crippen LogP contribution is 2.26. The van der Waals surface area contributed by atoms with Crippen LogP contribution in [0.25, 0.3) is 11.3 Å². The number of rotatable bonds is 3. The maximum absolute atomic E-state index is 14.3. The van der Waals surface area contributed by atoms with Crippen LogP contribution in [-0.2, 0) is 24.1 Å². The largest absolute Gasteiger partial charge is 0.285 e. The lowest BCUT2D eigenvalue weighted by atomic mass is 10.1. The molecule has 1 heterocycles. The summed E-state index contributed by atoms with van der Waals surface area (Å²) in [6.45, 7) is 0. The third kappa shape index (κ3) is 3.34. The first kappa shape index (κ1) is 17.8. The molecule has 0 saturated heterocycles. The van der Waals surface area contributed by atoms with Crippen LogP contribution in [0.2, 0.25) is 0 Å². The molecule has 1 aromatic carbocycles. The van der Waals surface area contributed by atoms with Gasteiger partial charge in [-0.2, -0.15) is 10.4 Å². The second-order valence-corrected chi connectivity index (χ2v) is 7.10. The normalized spacial score (nSPS) is 11.1. The topological polar surface area (TPSA) is 110 Å². The molecule has 24 heavy (non-hydrogen) atoms. The molecule has 11 heteroatoms. The molecule has 8 nitrogen and oxygen atoms in total. The molecule has 0 spiro atoms. The van der Waals surface area contributed by atoms with Crippen LogP contribution in [0.1, 0.15) is 5.56 Å². The van der Waals surface area contributed by atoms with E-state index in [0.717, 1.165) is 23.0 Å². The third-order valence-electron chi connectivity index (χ3n) is 3.10. The van der Waals surface area contributed by atoms with E-state index in [1.54, 1.807) is 6.07 Å². The third-order valence-corrected chi connectivity index (χ3v) is 4.23. The first-order valence-electron chi connectivity index (χ1n) is 6.41. The molecule has 1 N–H and O–H groups in total. The summed E-state index contributed by atoms with van der Waals surface area (Å²) in [6, 6.07) is 3.59. The predicted molar refractivity (Wildman–Crippen MR) is 87.9 cm³/mol. The van der Waals surface area contributed by atoms with Crippen molar-refractivity contribution in [3.63, 3.8) is 0 Å². The molecule has 0 aliphatic heterocycles. The van der Waals surface area contributed by atoms with E-state index in [1.165, 1.54) is 18.8 Å². The molecule has 126 valence electrons. The van der Waals surface area contributed by atoms with E-state index < -0.39 is 21.4 Å². The summed E-state index contributed by atoms with van der Waals surface area (Å²) in [6.07, 6.45) is 0.889. The fourth-order valence-electron chi connectivity index (χ4n) is 2.00. The molecule has 2 rings (SSSR count). The lowest BCUT2D eigenvalue weighted by molar-refractivity contribution is 0.606. The summed E-state index contributed by atoms with van der Waals surface area (Å²) in [5, 5.41) is 13.0. The Morgan fingerprint density at radius 3 is 2.54 bits per heavy atom. The zero-order valence-corrected chi connectivity index (χ0v) is 14.5. The van der Waals surface area contributed by atoms with Crippen LogP contribution in [0.5, 0.6) is 0 Å². The number of sulfonamides is 1. The first-order valence-corrected chi connectivity index (χ1v) is 8.71. The number of nitriles is 1. The molecule has 0 saturated carbocycles. The Labute approximate surface area is 141 Å². The Kier molecular flexibility index (Phi) is 4.54. The van der Waals surface area contributed by atoms with Gasteiger partial charge in [0.1, 0.15) is 11.9 Å². The highest BCUT2D eigenvalue weighted by Gasteiger charge is 2.18. The van der Waals surface area contributed by atoms with E-state index in [0.29, 0.717) is 0 Å². The van der Waals surface area contributed by atoms with Crippen LogP contribution in [0.3, 0.4) is 0 Å². The van der Waals surface area contributed by atoms with Crippen LogP contribution < -0.4 is 10.3 Å². The van der Waals surface area contributed by atoms with Gasteiger partial charge in [0, 0.05) is 19.7 Å². The van der Waals surface area contributed by atoms with Crippen molar-refractivity contribution >= 4 is 27.9 Å². The number of hydrogen-bond donors (Lipinski definition) is 1. The minimum atomic E-state index is -3.70. The van der Waals surface area contributed by atoms with Crippen LogP contribution in [0, 0.1) is 21.9 Å². The van der Waals surface area contributed by atoms with Crippen molar-refractivity contribution in [3.8, 4) is 17.3 Å². The highest BCUT2D eigenvalue weighted by molar-refractivity contribution is 7.92. The Morgan fingerprint density at radius 2 is 2.00 bits per heavy atom. The zero-order chi connectivity index (χ0) is 18.2. The first-order chi connectivity index (χ1) is 11.0. The van der Waals surface area contributed by atoms with Crippen LogP contribution in [0.15, 0.2) is 16.9 Å². The minimum absolute atomic E-state index is 0.132. The van der Waals surface area contributed by atoms with Crippen LogP contribution in [-0.4, -0.2) is 29.0 Å². The maximum Gasteiger partial charge on any atom is 0.280 e. The average molecular weight is 369 g/mol. The van der Waals surface area contributed by atoms with E-state index in [9.17, 15) is 17.6 Å². The van der Waals surface area contributed by atoms with Crippen molar-refractivity contribution < 1.29 is 12.8 Å². The van der Waals surface area contributed by atoms with Gasteiger partial charge in [0.15, 0.2) is 10.5 Å². The maximum atomic E-state index is 14.3. The summed E-state index contributed by atoms with van der Waals surface area (Å²) >= 11 is 5.00. The zero-order valence-electron chi connectivity index (χ0n) is 12.9. The Morgan fingerprint density at radius 1 is 1.38 bits per heavy atom. The van der Waals surface area contributed by atoms with E-state index >= 15 is 0 Å². The molecule has 1 aromatic heterocycles. The van der Waals surface area contributed by atoms with Gasteiger partial charge in [-0.3, -0.25) is 14.1 Å². The number of benzene rings is 1. The quantitative estimate of drug-likeness (QED) is 0.805. The Bertz CT molecular complexity index is 1100. The molecule has 0 aliphatic carbocycles. The number of hydrogen-bond acceptors (Lipinski definition) is 6. The molecular weight excluding hydrogens is 357 g/mol. The molecule has 0 bridgehead atoms. The second-order valence-electron chi connectivity index (χ2n) is 4.98. The van der Waals surface area contributed by atoms with E-state index in [-0.39, 0.29) is 27.3 Å². The summed E-state index contributed by atoms with van der Waals surface area (Å²) in [4.78, 5) is 12.3. The van der Waals surface area contributed by atoms with Crippen molar-refractivity contribution in [2.75, 3.05) is 11.0 Å². The number of aryl methyl sites for hydroxylation is 1. The fourth-order valence-corrected chi connectivity index (χ4v) is 2.69. The molecule has 0 unspecified atom stereocenters. The predicted octanol–water partition coefficient (Wildman–Crippen LogP) is 0.898. The van der Waals surface area contributed by atoms with Gasteiger partial charge >= 0.3 is 0 Å². The SMILES string of the molecule is Cn1nc(-c2cc(NS(C)(=O)=O)c(C#N)cc2F)c(=O)n(C)c1=S. The summed E-state index contributed by atoms with van der Waals surface area (Å²) in [5.74, 6) is -0.882. The van der Waals surface area contributed by atoms with Gasteiger partial charge in [-0.25, -0.2) is 17.5 Å². The fraction of sp³-hybridized carbons (Fsp3) is 0.231. The number of nitrogens with one attached hydrogen (secondary N) is 1. The second kappa shape index (κ2) is 6.14. The molecule has 0 aliphatic rings. The van der Waals surface area contributed by atoms with Gasteiger partial charge in [-0.05, 0) is 24.4 Å². The molecule has 0 atom stereocenters. The molecule has 2 aromatic rings. The average Bonchev–Trinajstić information content (AvgIpc) is 2.49. The summed E-state index contributed by atoms with van der Waals surface area (Å²) in [7, 11) is -0.806. The molecule has 0 radical (unpaired) electrons. The molecule has 0 fully saturated rings. The van der Waals surface area contributed by atoms with Crippen molar-refractivity contribution in [3.05, 3.63) is 38.6 Å². The van der Waals surface area contributed by atoms with Gasteiger partial charge < -0.3 is 0 Å². The smallest absolute Gasteiger partial charge is 0.280 e.